The minimum Gasteiger partial charge on any atom is -0.311 e. The third-order valence-electron chi connectivity index (χ3n) is 4.59. The first kappa shape index (κ1) is 17.0. The molecule has 1 heterocycles. The molecule has 0 spiro atoms. The van der Waals surface area contributed by atoms with Crippen LogP contribution in [0.3, 0.4) is 0 Å². The Bertz CT molecular complexity index is 835. The van der Waals surface area contributed by atoms with Crippen molar-refractivity contribution in [3.05, 3.63) is 71.3 Å². The highest BCUT2D eigenvalue weighted by Gasteiger charge is 2.33. The SMILES string of the molecule is C=C1c2ccccc2C(=O)N1CC(=O)N(CC)c1ccc(C)cc1C. The molecule has 0 radical (unpaired) electrons. The van der Waals surface area contributed by atoms with Crippen molar-refractivity contribution in [1.29, 1.82) is 0 Å². The number of carbonyl (C=O) groups excluding carboxylic acids is 2. The number of aryl methyl sites for hydroxylation is 2. The highest BCUT2D eigenvalue weighted by atomic mass is 16.2. The highest BCUT2D eigenvalue weighted by molar-refractivity contribution is 6.11. The second-order valence-corrected chi connectivity index (χ2v) is 6.31. The van der Waals surface area contributed by atoms with E-state index >= 15 is 0 Å². The lowest BCUT2D eigenvalue weighted by Gasteiger charge is -2.26. The summed E-state index contributed by atoms with van der Waals surface area (Å²) in [5.74, 6) is -0.276. The van der Waals surface area contributed by atoms with E-state index in [4.69, 9.17) is 0 Å². The number of benzene rings is 2. The van der Waals surface area contributed by atoms with Gasteiger partial charge in [-0.1, -0.05) is 42.5 Å². The maximum absolute atomic E-state index is 12.9. The summed E-state index contributed by atoms with van der Waals surface area (Å²) in [5, 5.41) is 0. The summed E-state index contributed by atoms with van der Waals surface area (Å²) in [6.45, 7) is 10.5. The smallest absolute Gasteiger partial charge is 0.259 e. The van der Waals surface area contributed by atoms with Crippen molar-refractivity contribution in [1.82, 2.24) is 4.90 Å². The number of hydrogen-bond donors (Lipinski definition) is 0. The Labute approximate surface area is 148 Å². The summed E-state index contributed by atoms with van der Waals surface area (Å²) >= 11 is 0. The van der Waals surface area contributed by atoms with Gasteiger partial charge in [0.1, 0.15) is 6.54 Å². The van der Waals surface area contributed by atoms with Crippen molar-refractivity contribution in [3.63, 3.8) is 0 Å². The maximum Gasteiger partial charge on any atom is 0.259 e. The molecule has 0 saturated carbocycles. The van der Waals surface area contributed by atoms with Gasteiger partial charge >= 0.3 is 0 Å². The van der Waals surface area contributed by atoms with Gasteiger partial charge in [0.15, 0.2) is 0 Å². The lowest BCUT2D eigenvalue weighted by atomic mass is 10.1. The fourth-order valence-electron chi connectivity index (χ4n) is 3.31. The first-order chi connectivity index (χ1) is 11.9. The molecule has 4 nitrogen and oxygen atoms in total. The first-order valence-corrected chi connectivity index (χ1v) is 8.41. The minimum atomic E-state index is -0.161. The monoisotopic (exact) mass is 334 g/mol. The van der Waals surface area contributed by atoms with E-state index in [0.717, 1.165) is 22.4 Å². The molecule has 0 N–H and O–H groups in total. The summed E-state index contributed by atoms with van der Waals surface area (Å²) in [7, 11) is 0. The first-order valence-electron chi connectivity index (χ1n) is 8.41. The van der Waals surface area contributed by atoms with Gasteiger partial charge in [0.25, 0.3) is 5.91 Å². The van der Waals surface area contributed by atoms with E-state index < -0.39 is 0 Å². The van der Waals surface area contributed by atoms with Crippen molar-refractivity contribution >= 4 is 23.2 Å². The molecular formula is C21H22N2O2. The molecule has 1 aliphatic heterocycles. The van der Waals surface area contributed by atoms with Crippen molar-refractivity contribution in [2.45, 2.75) is 20.8 Å². The normalized spacial score (nSPS) is 13.2. The summed E-state index contributed by atoms with van der Waals surface area (Å²) < 4.78 is 0. The van der Waals surface area contributed by atoms with Crippen molar-refractivity contribution in [2.75, 3.05) is 18.0 Å². The van der Waals surface area contributed by atoms with Crippen LogP contribution in [0.25, 0.3) is 5.70 Å². The molecule has 0 aromatic heterocycles. The van der Waals surface area contributed by atoms with Gasteiger partial charge in [-0.15, -0.1) is 0 Å². The zero-order chi connectivity index (χ0) is 18.1. The second kappa shape index (κ2) is 6.55. The molecule has 4 heteroatoms. The predicted octanol–water partition coefficient (Wildman–Crippen LogP) is 3.78. The van der Waals surface area contributed by atoms with E-state index in [9.17, 15) is 9.59 Å². The number of nitrogens with zero attached hydrogens (tertiary/aromatic N) is 2. The zero-order valence-electron chi connectivity index (χ0n) is 14.9. The van der Waals surface area contributed by atoms with E-state index in [1.165, 1.54) is 4.90 Å². The van der Waals surface area contributed by atoms with E-state index in [1.54, 1.807) is 11.0 Å². The van der Waals surface area contributed by atoms with Crippen molar-refractivity contribution < 1.29 is 9.59 Å². The fourth-order valence-corrected chi connectivity index (χ4v) is 3.31. The van der Waals surface area contributed by atoms with E-state index in [1.807, 2.05) is 51.1 Å². The summed E-state index contributed by atoms with van der Waals surface area (Å²) in [4.78, 5) is 28.7. The van der Waals surface area contributed by atoms with Gasteiger partial charge in [0, 0.05) is 29.1 Å². The van der Waals surface area contributed by atoms with Crippen LogP contribution in [0.4, 0.5) is 5.69 Å². The molecule has 25 heavy (non-hydrogen) atoms. The van der Waals surface area contributed by atoms with Gasteiger partial charge in [-0.2, -0.15) is 0 Å². The molecule has 128 valence electrons. The van der Waals surface area contributed by atoms with Crippen LogP contribution < -0.4 is 4.90 Å². The Hall–Kier alpha value is -2.88. The third-order valence-corrected chi connectivity index (χ3v) is 4.59. The van der Waals surface area contributed by atoms with Crippen molar-refractivity contribution in [3.8, 4) is 0 Å². The summed E-state index contributed by atoms with van der Waals surface area (Å²) in [5.41, 5.74) is 5.08. The predicted molar refractivity (Wildman–Crippen MR) is 100 cm³/mol. The van der Waals surface area contributed by atoms with Gasteiger partial charge in [-0.05, 0) is 38.5 Å². The number of likely N-dealkylation sites (N-methyl/N-ethyl adjacent to an activating group) is 1. The molecule has 0 aliphatic carbocycles. The maximum atomic E-state index is 12.9. The van der Waals surface area contributed by atoms with Gasteiger partial charge in [-0.25, -0.2) is 0 Å². The van der Waals surface area contributed by atoms with Crippen LogP contribution in [0.15, 0.2) is 49.0 Å². The van der Waals surface area contributed by atoms with E-state index in [0.29, 0.717) is 17.8 Å². The molecule has 0 atom stereocenters. The lowest BCUT2D eigenvalue weighted by molar-refractivity contribution is -0.118. The van der Waals surface area contributed by atoms with Gasteiger partial charge < -0.3 is 4.90 Å². The zero-order valence-corrected chi connectivity index (χ0v) is 14.9. The third kappa shape index (κ3) is 2.95. The average Bonchev–Trinajstić information content (AvgIpc) is 2.83. The Morgan fingerprint density at radius 3 is 2.40 bits per heavy atom. The van der Waals surface area contributed by atoms with Crippen LogP contribution in [0, 0.1) is 13.8 Å². The van der Waals surface area contributed by atoms with Crippen LogP contribution >= 0.6 is 0 Å². The van der Waals surface area contributed by atoms with Crippen LogP contribution in [0.5, 0.6) is 0 Å². The van der Waals surface area contributed by atoms with Crippen molar-refractivity contribution in [2.24, 2.45) is 0 Å². The molecule has 2 aromatic rings. The number of hydrogen-bond acceptors (Lipinski definition) is 2. The summed E-state index contributed by atoms with van der Waals surface area (Å²) in [6, 6.07) is 13.3. The number of carbonyl (C=O) groups is 2. The standard InChI is InChI=1S/C21H22N2O2/c1-5-22(19-11-10-14(2)12-15(19)3)20(24)13-23-16(4)17-8-6-7-9-18(17)21(23)25/h6-12H,4-5,13H2,1-3H3. The van der Waals surface area contributed by atoms with Gasteiger partial charge in [-0.3, -0.25) is 14.5 Å². The number of fused-ring (bicyclic) bond motifs is 1. The molecule has 2 aromatic carbocycles. The van der Waals surface area contributed by atoms with E-state index in [-0.39, 0.29) is 18.4 Å². The number of amides is 2. The highest BCUT2D eigenvalue weighted by Crippen LogP contribution is 2.31. The van der Waals surface area contributed by atoms with E-state index in [2.05, 4.69) is 12.6 Å². The summed E-state index contributed by atoms with van der Waals surface area (Å²) in [6.07, 6.45) is 0. The quantitative estimate of drug-likeness (QED) is 0.854. The van der Waals surface area contributed by atoms with Crippen LogP contribution in [0.1, 0.15) is 34.0 Å². The Morgan fingerprint density at radius 2 is 1.80 bits per heavy atom. The fraction of sp³-hybridized carbons (Fsp3) is 0.238. The Kier molecular flexibility index (Phi) is 4.45. The minimum absolute atomic E-state index is 0.00645. The molecule has 0 bridgehead atoms. The molecular weight excluding hydrogens is 312 g/mol. The van der Waals surface area contributed by atoms with Gasteiger partial charge in [0.05, 0.1) is 0 Å². The number of anilines is 1. The molecule has 2 amide bonds. The van der Waals surface area contributed by atoms with Crippen LogP contribution in [0.2, 0.25) is 0 Å². The second-order valence-electron chi connectivity index (χ2n) is 6.31. The molecule has 0 saturated heterocycles. The average molecular weight is 334 g/mol. The molecule has 3 rings (SSSR count). The molecule has 1 aliphatic rings. The molecule has 0 fully saturated rings. The molecule has 0 unspecified atom stereocenters. The number of rotatable bonds is 4. The topological polar surface area (TPSA) is 40.6 Å². The van der Waals surface area contributed by atoms with Crippen LogP contribution in [-0.2, 0) is 4.79 Å². The van der Waals surface area contributed by atoms with Crippen LogP contribution in [-0.4, -0.2) is 29.8 Å². The Morgan fingerprint density at radius 1 is 1.12 bits per heavy atom. The van der Waals surface area contributed by atoms with Gasteiger partial charge in [0.2, 0.25) is 5.91 Å². The lowest BCUT2D eigenvalue weighted by Crippen LogP contribution is -2.40. The largest absolute Gasteiger partial charge is 0.311 e. The Balaban J connectivity index is 1.84.